The van der Waals surface area contributed by atoms with Gasteiger partial charge in [-0.2, -0.15) is 0 Å². The van der Waals surface area contributed by atoms with E-state index in [0.29, 0.717) is 29.6 Å². The second kappa shape index (κ2) is 7.58. The van der Waals surface area contributed by atoms with Gasteiger partial charge in [0.1, 0.15) is 30.5 Å². The highest BCUT2D eigenvalue weighted by atomic mass is 16.7. The largest absolute Gasteiger partial charge is 0.458 e. The summed E-state index contributed by atoms with van der Waals surface area (Å²) in [6, 6.07) is 0. The van der Waals surface area contributed by atoms with Crippen molar-refractivity contribution in [3.8, 4) is 0 Å². The minimum atomic E-state index is -1.63. The minimum Gasteiger partial charge on any atom is -0.458 e. The monoisotopic (exact) mass is 422 g/mol. The Bertz CT molecular complexity index is 855. The number of ketones is 1. The lowest BCUT2D eigenvalue weighted by atomic mass is 9.83. The zero-order valence-corrected chi connectivity index (χ0v) is 16.8. The number of hydrogen-bond acceptors (Lipinski definition) is 9. The summed E-state index contributed by atoms with van der Waals surface area (Å²) in [6.45, 7) is 6.79. The lowest BCUT2D eigenvalue weighted by Gasteiger charge is -2.39. The number of esters is 1. The van der Waals surface area contributed by atoms with E-state index in [4.69, 9.17) is 14.2 Å². The van der Waals surface area contributed by atoms with E-state index in [2.05, 4.69) is 6.58 Å². The van der Waals surface area contributed by atoms with Crippen molar-refractivity contribution in [1.82, 2.24) is 0 Å². The molecule has 9 heteroatoms. The molecule has 164 valence electrons. The number of allylic oxidation sites excluding steroid dienone is 2. The van der Waals surface area contributed by atoms with Crippen molar-refractivity contribution in [2.75, 3.05) is 6.61 Å². The SMILES string of the molecule is C=C1C(=O)O[C@@H]2[C@H]3C(C)=C(O[C@@H]4O[C@H](CO)[C@@H](O)[C@H](O)[C@H]4O)C(=O)C3=C(C)CC[C@@H]12. The smallest absolute Gasteiger partial charge is 0.334 e. The molecular formula is C21H26O9. The van der Waals surface area contributed by atoms with E-state index in [-0.39, 0.29) is 17.5 Å². The van der Waals surface area contributed by atoms with E-state index >= 15 is 0 Å². The highest BCUT2D eigenvalue weighted by molar-refractivity contribution is 6.12. The standard InChI is InChI=1S/C21H26O9/c1-7-4-5-10-8(2)20(27)29-19(10)13-9(3)18(15(24)12(7)13)30-21-17(26)16(25)14(23)11(6-22)28-21/h10-11,13-14,16-17,19,21-23,25-26H,2,4-6H2,1,3H3/t10-,11+,13-,14+,16-,17+,19-,21-/m0/s1. The first kappa shape index (κ1) is 21.2. The number of hydrogen-bond donors (Lipinski definition) is 4. The van der Waals surface area contributed by atoms with Gasteiger partial charge < -0.3 is 34.6 Å². The second-order valence-corrected chi connectivity index (χ2v) is 8.37. The van der Waals surface area contributed by atoms with Gasteiger partial charge in [-0.05, 0) is 32.3 Å². The molecule has 0 bridgehead atoms. The Hall–Kier alpha value is -2.04. The maximum Gasteiger partial charge on any atom is 0.334 e. The predicted octanol–water partition coefficient (Wildman–Crippen LogP) is -0.516. The van der Waals surface area contributed by atoms with Gasteiger partial charge >= 0.3 is 5.97 Å². The zero-order chi connectivity index (χ0) is 21.9. The normalized spacial score (nSPS) is 41.6. The average Bonchev–Trinajstić information content (AvgIpc) is 3.06. The summed E-state index contributed by atoms with van der Waals surface area (Å²) in [6.07, 6.45) is -6.69. The molecule has 0 spiro atoms. The van der Waals surface area contributed by atoms with Gasteiger partial charge in [0.2, 0.25) is 12.1 Å². The number of carbonyl (C=O) groups is 2. The van der Waals surface area contributed by atoms with Crippen LogP contribution in [0.2, 0.25) is 0 Å². The molecule has 2 fully saturated rings. The van der Waals surface area contributed by atoms with E-state index in [1.807, 2.05) is 6.92 Å². The number of aliphatic hydroxyl groups is 4. The molecule has 2 heterocycles. The summed E-state index contributed by atoms with van der Waals surface area (Å²) < 4.78 is 16.6. The highest BCUT2D eigenvalue weighted by Gasteiger charge is 2.53. The van der Waals surface area contributed by atoms with Crippen LogP contribution in [0.5, 0.6) is 0 Å². The third-order valence-corrected chi connectivity index (χ3v) is 6.64. The van der Waals surface area contributed by atoms with Crippen molar-refractivity contribution >= 4 is 11.8 Å². The molecule has 0 aromatic rings. The van der Waals surface area contributed by atoms with Crippen LogP contribution in [0.4, 0.5) is 0 Å². The number of carbonyl (C=O) groups excluding carboxylic acids is 2. The fourth-order valence-electron chi connectivity index (χ4n) is 4.87. The molecular weight excluding hydrogens is 396 g/mol. The molecule has 8 atom stereocenters. The summed E-state index contributed by atoms with van der Waals surface area (Å²) in [7, 11) is 0. The molecule has 0 aromatic heterocycles. The van der Waals surface area contributed by atoms with Crippen LogP contribution in [0.15, 0.2) is 34.6 Å². The van der Waals surface area contributed by atoms with Crippen molar-refractivity contribution in [2.24, 2.45) is 11.8 Å². The van der Waals surface area contributed by atoms with Crippen LogP contribution in [0.1, 0.15) is 26.7 Å². The first-order valence-corrected chi connectivity index (χ1v) is 9.99. The fraction of sp³-hybridized carbons (Fsp3) is 0.619. The minimum absolute atomic E-state index is 0.0482. The van der Waals surface area contributed by atoms with Crippen LogP contribution >= 0.6 is 0 Å². The molecule has 2 saturated heterocycles. The molecule has 0 unspecified atom stereocenters. The van der Waals surface area contributed by atoms with E-state index in [1.165, 1.54) is 0 Å². The Labute approximate surface area is 173 Å². The summed E-state index contributed by atoms with van der Waals surface area (Å²) in [5.74, 6) is -1.60. The maximum absolute atomic E-state index is 13.2. The van der Waals surface area contributed by atoms with Crippen molar-refractivity contribution < 1.29 is 44.2 Å². The molecule has 4 rings (SSSR count). The first-order valence-electron chi connectivity index (χ1n) is 9.99. The van der Waals surface area contributed by atoms with Gasteiger partial charge in [-0.3, -0.25) is 4.79 Å². The summed E-state index contributed by atoms with van der Waals surface area (Å²) >= 11 is 0. The third-order valence-electron chi connectivity index (χ3n) is 6.64. The number of Topliss-reactive ketones (excluding diaryl/α,β-unsaturated/α-hetero) is 1. The summed E-state index contributed by atoms with van der Waals surface area (Å²) in [4.78, 5) is 25.3. The van der Waals surface area contributed by atoms with Crippen LogP contribution in [-0.4, -0.2) is 75.6 Å². The first-order chi connectivity index (χ1) is 14.2. The molecule has 0 aromatic carbocycles. The summed E-state index contributed by atoms with van der Waals surface area (Å²) in [5.41, 5.74) is 2.31. The van der Waals surface area contributed by atoms with Crippen molar-refractivity contribution in [2.45, 2.75) is 63.5 Å². The topological polar surface area (TPSA) is 143 Å². The van der Waals surface area contributed by atoms with Crippen molar-refractivity contribution in [3.05, 3.63) is 34.6 Å². The molecule has 4 N–H and O–H groups in total. The predicted molar refractivity (Wildman–Crippen MR) is 100 cm³/mol. The Morgan fingerprint density at radius 2 is 1.83 bits per heavy atom. The van der Waals surface area contributed by atoms with E-state index < -0.39 is 55.3 Å². The quantitative estimate of drug-likeness (QED) is 0.349. The Morgan fingerprint density at radius 1 is 1.13 bits per heavy atom. The van der Waals surface area contributed by atoms with Crippen LogP contribution in [0.25, 0.3) is 0 Å². The molecule has 2 aliphatic heterocycles. The Kier molecular flexibility index (Phi) is 5.36. The van der Waals surface area contributed by atoms with Crippen LogP contribution in [0.3, 0.4) is 0 Å². The lowest BCUT2D eigenvalue weighted by molar-refractivity contribution is -0.290. The lowest BCUT2D eigenvalue weighted by Crippen LogP contribution is -2.59. The van der Waals surface area contributed by atoms with Crippen molar-refractivity contribution in [1.29, 1.82) is 0 Å². The number of ether oxygens (including phenoxy) is 3. The van der Waals surface area contributed by atoms with Gasteiger partial charge in [-0.25, -0.2) is 4.79 Å². The number of aliphatic hydroxyl groups excluding tert-OH is 4. The fourth-order valence-corrected chi connectivity index (χ4v) is 4.87. The molecule has 0 radical (unpaired) electrons. The molecule has 0 amide bonds. The molecule has 9 nitrogen and oxygen atoms in total. The number of rotatable bonds is 3. The van der Waals surface area contributed by atoms with E-state index in [9.17, 15) is 30.0 Å². The van der Waals surface area contributed by atoms with Gasteiger partial charge in [0.25, 0.3) is 0 Å². The Balaban J connectivity index is 1.67. The van der Waals surface area contributed by atoms with Gasteiger partial charge in [-0.15, -0.1) is 0 Å². The van der Waals surface area contributed by atoms with Crippen molar-refractivity contribution in [3.63, 3.8) is 0 Å². The van der Waals surface area contributed by atoms with E-state index in [1.54, 1.807) is 6.92 Å². The average molecular weight is 422 g/mol. The van der Waals surface area contributed by atoms with Gasteiger partial charge in [0, 0.05) is 17.1 Å². The van der Waals surface area contributed by atoms with Crippen LogP contribution in [0, 0.1) is 11.8 Å². The second-order valence-electron chi connectivity index (χ2n) is 8.37. The zero-order valence-electron chi connectivity index (χ0n) is 16.8. The molecule has 30 heavy (non-hydrogen) atoms. The van der Waals surface area contributed by atoms with E-state index in [0.717, 1.165) is 5.57 Å². The molecule has 4 aliphatic rings. The highest BCUT2D eigenvalue weighted by Crippen LogP contribution is 2.49. The molecule has 0 saturated carbocycles. The molecule has 2 aliphatic carbocycles. The summed E-state index contributed by atoms with van der Waals surface area (Å²) in [5, 5.41) is 39.5. The Morgan fingerprint density at radius 3 is 2.50 bits per heavy atom. The van der Waals surface area contributed by atoms with Gasteiger partial charge in [0.15, 0.2) is 5.76 Å². The van der Waals surface area contributed by atoms with Crippen LogP contribution < -0.4 is 0 Å². The number of fused-ring (bicyclic) bond motifs is 3. The van der Waals surface area contributed by atoms with Gasteiger partial charge in [-0.1, -0.05) is 12.2 Å². The van der Waals surface area contributed by atoms with Gasteiger partial charge in [0.05, 0.1) is 12.5 Å². The van der Waals surface area contributed by atoms with Crippen LogP contribution in [-0.2, 0) is 23.8 Å². The third kappa shape index (κ3) is 3.04. The maximum atomic E-state index is 13.2.